The number of hydrogen-bond donors (Lipinski definition) is 4. The molecule has 0 radical (unpaired) electrons. The molecule has 1 aromatic rings. The van der Waals surface area contributed by atoms with Crippen LogP contribution in [0.4, 0.5) is 0 Å². The molecule has 1 fully saturated rings. The second-order valence-corrected chi connectivity index (χ2v) is 9.32. The van der Waals surface area contributed by atoms with Crippen LogP contribution in [0.2, 0.25) is 0 Å². The fourth-order valence-corrected chi connectivity index (χ4v) is 4.63. The maximum Gasteiger partial charge on any atom is 0.229 e. The highest BCUT2D eigenvalue weighted by Gasteiger charge is 2.40. The van der Waals surface area contributed by atoms with Crippen LogP contribution in [0.3, 0.4) is 0 Å². The van der Waals surface area contributed by atoms with Gasteiger partial charge in [-0.15, -0.1) is 0 Å². The number of aryl methyl sites for hydroxylation is 1. The van der Waals surface area contributed by atoms with Crippen molar-refractivity contribution in [2.75, 3.05) is 6.61 Å². The van der Waals surface area contributed by atoms with E-state index < -0.39 is 24.6 Å². The minimum atomic E-state index is -1.41. The molecule has 0 amide bonds. The van der Waals surface area contributed by atoms with Crippen molar-refractivity contribution in [3.63, 3.8) is 0 Å². The number of hydrogen-bond acceptors (Lipinski definition) is 6. The third-order valence-electron chi connectivity index (χ3n) is 6.48. The van der Waals surface area contributed by atoms with E-state index in [0.29, 0.717) is 11.8 Å². The quantitative estimate of drug-likeness (QED) is 0.530. The summed E-state index contributed by atoms with van der Waals surface area (Å²) in [7, 11) is 0. The Labute approximate surface area is 184 Å². The summed E-state index contributed by atoms with van der Waals surface area (Å²) in [5, 5.41) is 41.0. The van der Waals surface area contributed by atoms with Crippen molar-refractivity contribution >= 4 is 0 Å². The number of benzene rings is 1. The van der Waals surface area contributed by atoms with Gasteiger partial charge in [0.15, 0.2) is 11.5 Å². The molecule has 0 saturated carbocycles. The Morgan fingerprint density at radius 1 is 1.19 bits per heavy atom. The molecule has 172 valence electrons. The maximum absolute atomic E-state index is 11.2. The lowest BCUT2D eigenvalue weighted by atomic mass is 9.71. The van der Waals surface area contributed by atoms with Gasteiger partial charge in [-0.2, -0.15) is 0 Å². The number of ether oxygens (including phenoxy) is 2. The van der Waals surface area contributed by atoms with Gasteiger partial charge in [0.2, 0.25) is 6.29 Å². The van der Waals surface area contributed by atoms with E-state index in [2.05, 4.69) is 52.0 Å². The number of aliphatic hydroxyl groups excluding tert-OH is 3. The van der Waals surface area contributed by atoms with Gasteiger partial charge in [0.1, 0.15) is 18.3 Å². The second-order valence-electron chi connectivity index (χ2n) is 9.32. The van der Waals surface area contributed by atoms with Crippen molar-refractivity contribution in [1.82, 2.24) is 0 Å². The lowest BCUT2D eigenvalue weighted by Gasteiger charge is -2.37. The first-order valence-electron chi connectivity index (χ1n) is 11.1. The number of phenolic OH excluding ortho intramolecular Hbond substituents is 1. The molecule has 7 atom stereocenters. The molecule has 1 aliphatic heterocycles. The number of fused-ring (bicyclic) bond motifs is 1. The van der Waals surface area contributed by atoms with Crippen LogP contribution < -0.4 is 4.74 Å². The van der Waals surface area contributed by atoms with Crippen molar-refractivity contribution < 1.29 is 29.9 Å². The largest absolute Gasteiger partial charge is 0.504 e. The van der Waals surface area contributed by atoms with Crippen LogP contribution in [0.15, 0.2) is 29.9 Å². The SMILES string of the molecule is CC(C)=C/C=C/[C@H](C)[C@H]1CC[C@H](C)c2c1cc(C)c(O[C@H]1OC[C@H](O)[C@H](O)[C@H]1O)c2O. The molecule has 0 spiro atoms. The summed E-state index contributed by atoms with van der Waals surface area (Å²) >= 11 is 0. The highest BCUT2D eigenvalue weighted by Crippen LogP contribution is 2.50. The van der Waals surface area contributed by atoms with E-state index >= 15 is 0 Å². The first-order valence-corrected chi connectivity index (χ1v) is 11.1. The number of phenols is 1. The molecule has 1 saturated heterocycles. The Morgan fingerprint density at radius 3 is 2.58 bits per heavy atom. The Bertz CT molecular complexity index is 841. The van der Waals surface area contributed by atoms with Gasteiger partial charge in [-0.1, -0.05) is 43.7 Å². The topological polar surface area (TPSA) is 99.4 Å². The van der Waals surface area contributed by atoms with Gasteiger partial charge >= 0.3 is 0 Å². The van der Waals surface area contributed by atoms with Crippen molar-refractivity contribution in [2.24, 2.45) is 5.92 Å². The van der Waals surface area contributed by atoms with Crippen LogP contribution in [0.25, 0.3) is 0 Å². The lowest BCUT2D eigenvalue weighted by Crippen LogP contribution is -2.54. The molecule has 31 heavy (non-hydrogen) atoms. The molecule has 1 aliphatic carbocycles. The zero-order valence-corrected chi connectivity index (χ0v) is 19.1. The van der Waals surface area contributed by atoms with Crippen LogP contribution in [-0.4, -0.2) is 51.6 Å². The first kappa shape index (κ1) is 23.8. The second kappa shape index (κ2) is 9.74. The summed E-state index contributed by atoms with van der Waals surface area (Å²) in [5.41, 5.74) is 4.01. The van der Waals surface area contributed by atoms with Gasteiger partial charge in [-0.05, 0) is 62.5 Å². The van der Waals surface area contributed by atoms with E-state index in [-0.39, 0.29) is 24.0 Å². The van der Waals surface area contributed by atoms with Crippen molar-refractivity contribution in [1.29, 1.82) is 0 Å². The monoisotopic (exact) mass is 432 g/mol. The summed E-state index contributed by atoms with van der Waals surface area (Å²) < 4.78 is 11.2. The molecular weight excluding hydrogens is 396 g/mol. The van der Waals surface area contributed by atoms with Crippen LogP contribution in [0.5, 0.6) is 11.5 Å². The van der Waals surface area contributed by atoms with Crippen molar-refractivity contribution in [3.8, 4) is 11.5 Å². The van der Waals surface area contributed by atoms with Crippen molar-refractivity contribution in [2.45, 2.75) is 83.9 Å². The van der Waals surface area contributed by atoms with Crippen LogP contribution in [0.1, 0.15) is 69.1 Å². The molecule has 6 heteroatoms. The average molecular weight is 433 g/mol. The number of aliphatic hydroxyl groups is 3. The average Bonchev–Trinajstić information content (AvgIpc) is 2.70. The van der Waals surface area contributed by atoms with Crippen molar-refractivity contribution in [3.05, 3.63) is 46.6 Å². The Hall–Kier alpha value is -1.86. The molecule has 6 nitrogen and oxygen atoms in total. The summed E-state index contributed by atoms with van der Waals surface area (Å²) in [6.07, 6.45) is 3.31. The predicted octanol–water partition coefficient (Wildman–Crippen LogP) is 3.66. The van der Waals surface area contributed by atoms with Crippen LogP contribution in [-0.2, 0) is 4.74 Å². The summed E-state index contributed by atoms with van der Waals surface area (Å²) in [5.74, 6) is 1.11. The fourth-order valence-electron chi connectivity index (χ4n) is 4.63. The van der Waals surface area contributed by atoms with E-state index in [1.54, 1.807) is 0 Å². The number of rotatable bonds is 5. The van der Waals surface area contributed by atoms with E-state index in [4.69, 9.17) is 9.47 Å². The van der Waals surface area contributed by atoms with Gasteiger partial charge in [0.05, 0.1) is 6.61 Å². The highest BCUT2D eigenvalue weighted by atomic mass is 16.7. The lowest BCUT2D eigenvalue weighted by molar-refractivity contribution is -0.242. The molecule has 4 N–H and O–H groups in total. The van der Waals surface area contributed by atoms with Gasteiger partial charge in [0.25, 0.3) is 0 Å². The summed E-state index contributed by atoms with van der Waals surface area (Å²) in [4.78, 5) is 0. The molecule has 0 bridgehead atoms. The van der Waals surface area contributed by atoms with E-state index in [1.165, 1.54) is 5.57 Å². The molecule has 1 heterocycles. The van der Waals surface area contributed by atoms with Gasteiger partial charge < -0.3 is 29.9 Å². The highest BCUT2D eigenvalue weighted by molar-refractivity contribution is 5.57. The minimum absolute atomic E-state index is 0.0732. The third-order valence-corrected chi connectivity index (χ3v) is 6.48. The molecule has 2 aliphatic rings. The standard InChI is InChI=1S/C25H36O6/c1-13(2)7-6-8-14(3)17-10-9-15(4)20-18(17)11-16(5)24(22(20)28)31-25-23(29)21(27)19(26)12-30-25/h6-8,11,14-15,17,19,21,23,25-29H,9-10,12H2,1-5H3/b8-6+/t14-,15-,17+,19-,21-,23+,25+/m0/s1. The van der Waals surface area contributed by atoms with E-state index in [9.17, 15) is 20.4 Å². The molecule has 0 aromatic heterocycles. The normalized spacial score (nSPS) is 31.9. The molecule has 3 rings (SSSR count). The van der Waals surface area contributed by atoms with Crippen LogP contribution >= 0.6 is 0 Å². The zero-order valence-electron chi connectivity index (χ0n) is 19.1. The first-order chi connectivity index (χ1) is 14.6. The van der Waals surface area contributed by atoms with Gasteiger partial charge in [-0.3, -0.25) is 0 Å². The molecular formula is C25H36O6. The van der Waals surface area contributed by atoms with Gasteiger partial charge in [0, 0.05) is 5.56 Å². The minimum Gasteiger partial charge on any atom is -0.504 e. The van der Waals surface area contributed by atoms with Crippen LogP contribution in [0, 0.1) is 12.8 Å². The Balaban J connectivity index is 1.92. The fraction of sp³-hybridized carbons (Fsp3) is 0.600. The zero-order chi connectivity index (χ0) is 22.9. The van der Waals surface area contributed by atoms with E-state index in [1.807, 2.05) is 6.92 Å². The Kier molecular flexibility index (Phi) is 7.47. The maximum atomic E-state index is 11.2. The van der Waals surface area contributed by atoms with E-state index in [0.717, 1.165) is 29.5 Å². The smallest absolute Gasteiger partial charge is 0.229 e. The predicted molar refractivity (Wildman–Crippen MR) is 119 cm³/mol. The van der Waals surface area contributed by atoms with Gasteiger partial charge in [-0.25, -0.2) is 0 Å². The summed E-state index contributed by atoms with van der Waals surface area (Å²) in [6.45, 7) is 10.2. The Morgan fingerprint density at radius 2 is 1.90 bits per heavy atom. The molecule has 1 aromatic carbocycles. The molecule has 0 unspecified atom stereocenters. The number of aromatic hydroxyl groups is 1. The third kappa shape index (κ3) is 4.98. The number of allylic oxidation sites excluding steroid dienone is 4. The summed E-state index contributed by atoms with van der Waals surface area (Å²) in [6, 6.07) is 2.07.